The van der Waals surface area contributed by atoms with E-state index in [4.69, 9.17) is 0 Å². The highest BCUT2D eigenvalue weighted by Gasteiger charge is 2.17. The third kappa shape index (κ3) is 4.71. The van der Waals surface area contributed by atoms with Gasteiger partial charge in [0.15, 0.2) is 5.16 Å². The summed E-state index contributed by atoms with van der Waals surface area (Å²) in [5, 5.41) is 3.06. The van der Waals surface area contributed by atoms with Crippen LogP contribution in [0.3, 0.4) is 0 Å². The van der Waals surface area contributed by atoms with Crippen molar-refractivity contribution in [2.24, 2.45) is 0 Å². The van der Waals surface area contributed by atoms with Crippen molar-refractivity contribution in [2.45, 2.75) is 50.9 Å². The number of anilines is 1. The highest BCUT2D eigenvalue weighted by atomic mass is 32.2. The molecule has 0 aliphatic heterocycles. The number of thioether (sulfide) groups is 1. The molecule has 1 amide bonds. The van der Waals surface area contributed by atoms with Crippen LogP contribution in [0.5, 0.6) is 0 Å². The van der Waals surface area contributed by atoms with E-state index in [-0.39, 0.29) is 16.7 Å². The largest absolute Gasteiger partial charge is 0.325 e. The molecule has 1 heterocycles. The first-order chi connectivity index (χ1) is 11.4. The van der Waals surface area contributed by atoms with Crippen LogP contribution in [-0.2, 0) is 11.2 Å². The number of nitrogens with zero attached hydrogens (tertiary/aromatic N) is 1. The van der Waals surface area contributed by atoms with Crippen molar-refractivity contribution in [1.82, 2.24) is 9.97 Å². The second-order valence-electron chi connectivity index (χ2n) is 5.79. The lowest BCUT2D eigenvalue weighted by atomic mass is 10.1. The minimum absolute atomic E-state index is 0.114. The predicted octanol–water partition coefficient (Wildman–Crippen LogP) is 3.46. The van der Waals surface area contributed by atoms with Crippen LogP contribution in [0.25, 0.3) is 0 Å². The molecule has 0 saturated heterocycles. The summed E-state index contributed by atoms with van der Waals surface area (Å²) in [6, 6.07) is 7.33. The van der Waals surface area contributed by atoms with Gasteiger partial charge in [0.2, 0.25) is 5.91 Å². The molecule has 1 atom stereocenters. The number of aromatic nitrogens is 2. The van der Waals surface area contributed by atoms with Gasteiger partial charge in [-0.3, -0.25) is 9.59 Å². The van der Waals surface area contributed by atoms with Gasteiger partial charge in [-0.2, -0.15) is 0 Å². The van der Waals surface area contributed by atoms with Gasteiger partial charge in [0.1, 0.15) is 0 Å². The van der Waals surface area contributed by atoms with Crippen LogP contribution < -0.4 is 10.9 Å². The summed E-state index contributed by atoms with van der Waals surface area (Å²) in [5.41, 5.74) is 3.57. The van der Waals surface area contributed by atoms with Gasteiger partial charge >= 0.3 is 0 Å². The number of rotatable bonds is 6. The molecule has 2 aromatic rings. The van der Waals surface area contributed by atoms with Gasteiger partial charge in [0.05, 0.1) is 5.25 Å². The number of hydrogen-bond donors (Lipinski definition) is 2. The lowest BCUT2D eigenvalue weighted by Gasteiger charge is -2.14. The monoisotopic (exact) mass is 345 g/mol. The van der Waals surface area contributed by atoms with Crippen LogP contribution in [-0.4, -0.2) is 21.1 Å². The molecule has 0 fully saturated rings. The zero-order valence-corrected chi connectivity index (χ0v) is 15.3. The van der Waals surface area contributed by atoms with Gasteiger partial charge < -0.3 is 10.3 Å². The first kappa shape index (κ1) is 18.3. The number of H-pyrrole nitrogens is 1. The summed E-state index contributed by atoms with van der Waals surface area (Å²) < 4.78 is 0. The molecule has 0 saturated carbocycles. The van der Waals surface area contributed by atoms with E-state index in [0.29, 0.717) is 5.16 Å². The van der Waals surface area contributed by atoms with Crippen LogP contribution in [0.1, 0.15) is 37.1 Å². The van der Waals surface area contributed by atoms with E-state index in [2.05, 4.69) is 15.3 Å². The van der Waals surface area contributed by atoms with Crippen molar-refractivity contribution in [2.75, 3.05) is 5.32 Å². The van der Waals surface area contributed by atoms with Gasteiger partial charge in [-0.25, -0.2) is 4.98 Å². The average molecular weight is 345 g/mol. The predicted molar refractivity (Wildman–Crippen MR) is 98.7 cm³/mol. The van der Waals surface area contributed by atoms with Crippen LogP contribution >= 0.6 is 11.8 Å². The van der Waals surface area contributed by atoms with Crippen molar-refractivity contribution in [1.29, 1.82) is 0 Å². The molecule has 0 unspecified atom stereocenters. The maximum absolute atomic E-state index is 12.4. The van der Waals surface area contributed by atoms with E-state index in [1.54, 1.807) is 6.92 Å². The molecule has 0 radical (unpaired) electrons. The smallest absolute Gasteiger partial charge is 0.251 e. The summed E-state index contributed by atoms with van der Waals surface area (Å²) in [4.78, 5) is 31.2. The molecule has 0 aliphatic carbocycles. The van der Waals surface area contributed by atoms with E-state index < -0.39 is 0 Å². The Morgan fingerprint density at radius 3 is 2.83 bits per heavy atom. The summed E-state index contributed by atoms with van der Waals surface area (Å²) in [6.45, 7) is 7.83. The zero-order chi connectivity index (χ0) is 17.7. The number of hydrogen-bond acceptors (Lipinski definition) is 4. The molecule has 0 aliphatic rings. The molecule has 24 heavy (non-hydrogen) atoms. The number of carbonyl (C=O) groups excluding carboxylic acids is 1. The summed E-state index contributed by atoms with van der Waals surface area (Å²) in [7, 11) is 0. The molecule has 0 bridgehead atoms. The summed E-state index contributed by atoms with van der Waals surface area (Å²) in [5.74, 6) is -0.114. The molecular weight excluding hydrogens is 322 g/mol. The van der Waals surface area contributed by atoms with E-state index in [9.17, 15) is 9.59 Å². The van der Waals surface area contributed by atoms with Crippen molar-refractivity contribution in [3.8, 4) is 0 Å². The first-order valence-corrected chi connectivity index (χ1v) is 8.92. The van der Waals surface area contributed by atoms with Crippen molar-refractivity contribution < 1.29 is 4.79 Å². The Hall–Kier alpha value is -2.08. The lowest BCUT2D eigenvalue weighted by Crippen LogP contribution is -2.24. The standard InChI is InChI=1S/C18H23N3O2S/c1-5-7-14-10-16(22)21-18(19-14)24-13(4)17(23)20-15-9-6-8-11(2)12(15)3/h6,8-10,13H,5,7H2,1-4H3,(H,20,23)(H,19,21,22)/t13-/m1/s1. The summed E-state index contributed by atoms with van der Waals surface area (Å²) >= 11 is 1.26. The molecule has 0 spiro atoms. The Morgan fingerprint density at radius 1 is 1.38 bits per heavy atom. The molecule has 2 rings (SSSR count). The van der Waals surface area contributed by atoms with E-state index in [1.807, 2.05) is 39.0 Å². The Kier molecular flexibility index (Phi) is 6.20. The molecular formula is C18H23N3O2S. The van der Waals surface area contributed by atoms with Crippen LogP contribution in [0.2, 0.25) is 0 Å². The third-order valence-electron chi connectivity index (χ3n) is 3.80. The number of amides is 1. The zero-order valence-electron chi connectivity index (χ0n) is 14.5. The number of aryl methyl sites for hydroxylation is 2. The second-order valence-corrected chi connectivity index (χ2v) is 7.12. The van der Waals surface area contributed by atoms with Gasteiger partial charge in [0.25, 0.3) is 5.56 Å². The molecule has 1 aromatic carbocycles. The fourth-order valence-corrected chi connectivity index (χ4v) is 3.10. The maximum atomic E-state index is 12.4. The van der Waals surface area contributed by atoms with Gasteiger partial charge in [0, 0.05) is 17.4 Å². The quantitative estimate of drug-likeness (QED) is 0.621. The first-order valence-electron chi connectivity index (χ1n) is 8.04. The van der Waals surface area contributed by atoms with E-state index >= 15 is 0 Å². The second kappa shape index (κ2) is 8.15. The number of benzene rings is 1. The lowest BCUT2D eigenvalue weighted by molar-refractivity contribution is -0.115. The number of carbonyl (C=O) groups is 1. The molecule has 1 aromatic heterocycles. The molecule has 5 nitrogen and oxygen atoms in total. The van der Waals surface area contributed by atoms with Crippen molar-refractivity contribution in [3.63, 3.8) is 0 Å². The average Bonchev–Trinajstić information content (AvgIpc) is 2.51. The highest BCUT2D eigenvalue weighted by Crippen LogP contribution is 2.22. The Bertz CT molecular complexity index is 786. The van der Waals surface area contributed by atoms with E-state index in [1.165, 1.54) is 17.8 Å². The van der Waals surface area contributed by atoms with Crippen LogP contribution in [0.4, 0.5) is 5.69 Å². The SMILES string of the molecule is CCCc1cc(=O)[nH]c(S[C@H](C)C(=O)Nc2cccc(C)c2C)n1. The Labute approximate surface area is 146 Å². The van der Waals surface area contributed by atoms with Crippen molar-refractivity contribution in [3.05, 3.63) is 51.4 Å². The van der Waals surface area contributed by atoms with Gasteiger partial charge in [-0.15, -0.1) is 0 Å². The maximum Gasteiger partial charge on any atom is 0.251 e. The Morgan fingerprint density at radius 2 is 2.12 bits per heavy atom. The number of nitrogens with one attached hydrogen (secondary N) is 2. The normalized spacial score (nSPS) is 12.0. The summed E-state index contributed by atoms with van der Waals surface area (Å²) in [6.07, 6.45) is 1.67. The minimum Gasteiger partial charge on any atom is -0.325 e. The molecule has 6 heteroatoms. The number of aromatic amines is 1. The van der Waals surface area contributed by atoms with Gasteiger partial charge in [-0.1, -0.05) is 37.2 Å². The van der Waals surface area contributed by atoms with Crippen molar-refractivity contribution >= 4 is 23.4 Å². The van der Waals surface area contributed by atoms with Gasteiger partial charge in [-0.05, 0) is 44.4 Å². The minimum atomic E-state index is -0.370. The highest BCUT2D eigenvalue weighted by molar-refractivity contribution is 8.00. The topological polar surface area (TPSA) is 74.8 Å². The third-order valence-corrected chi connectivity index (χ3v) is 4.78. The van der Waals surface area contributed by atoms with Crippen LogP contribution in [0.15, 0.2) is 34.2 Å². The fraction of sp³-hybridized carbons (Fsp3) is 0.389. The van der Waals surface area contributed by atoms with E-state index in [0.717, 1.165) is 35.3 Å². The van der Waals surface area contributed by atoms with Crippen LogP contribution in [0, 0.1) is 13.8 Å². The molecule has 128 valence electrons. The molecule has 2 N–H and O–H groups in total. The Balaban J connectivity index is 2.09. The fourth-order valence-electron chi connectivity index (χ4n) is 2.27.